The van der Waals surface area contributed by atoms with Crippen LogP contribution in [-0.4, -0.2) is 24.7 Å². The van der Waals surface area contributed by atoms with Crippen molar-refractivity contribution in [1.82, 2.24) is 19.7 Å². The Morgan fingerprint density at radius 2 is 2.15 bits per heavy atom. The van der Waals surface area contributed by atoms with Crippen LogP contribution in [0.25, 0.3) is 0 Å². The van der Waals surface area contributed by atoms with Crippen molar-refractivity contribution in [2.24, 2.45) is 7.05 Å². The van der Waals surface area contributed by atoms with E-state index in [4.69, 9.17) is 11.6 Å². The number of hydrogen-bond donors (Lipinski definition) is 1. The van der Waals surface area contributed by atoms with E-state index in [1.807, 2.05) is 14.0 Å². The highest BCUT2D eigenvalue weighted by atomic mass is 35.5. The van der Waals surface area contributed by atoms with E-state index in [9.17, 15) is 10.1 Å². The minimum absolute atomic E-state index is 0.0292. The molecule has 0 bridgehead atoms. The molecule has 0 amide bonds. The first-order chi connectivity index (χ1) is 9.40. The Morgan fingerprint density at radius 1 is 1.45 bits per heavy atom. The van der Waals surface area contributed by atoms with E-state index in [0.717, 1.165) is 11.3 Å². The Hall–Kier alpha value is -2.22. The lowest BCUT2D eigenvalue weighted by molar-refractivity contribution is -0.385. The zero-order valence-corrected chi connectivity index (χ0v) is 12.0. The number of hydrogen-bond acceptors (Lipinski definition) is 6. The second kappa shape index (κ2) is 5.41. The molecule has 2 heterocycles. The smallest absolute Gasteiger partial charge is 0.332 e. The minimum atomic E-state index is -0.524. The summed E-state index contributed by atoms with van der Waals surface area (Å²) in [4.78, 5) is 18.2. The second-order valence-corrected chi connectivity index (χ2v) is 4.60. The fraction of sp³-hybridized carbons (Fsp3) is 0.364. The van der Waals surface area contributed by atoms with Crippen LogP contribution in [0.1, 0.15) is 17.0 Å². The Kier molecular flexibility index (Phi) is 3.84. The van der Waals surface area contributed by atoms with Crippen LogP contribution in [0.3, 0.4) is 0 Å². The summed E-state index contributed by atoms with van der Waals surface area (Å²) in [5.41, 5.74) is 1.95. The van der Waals surface area contributed by atoms with Crippen LogP contribution in [-0.2, 0) is 13.6 Å². The van der Waals surface area contributed by atoms with Gasteiger partial charge in [0, 0.05) is 24.8 Å². The Bertz CT molecular complexity index is 669. The second-order valence-electron chi connectivity index (χ2n) is 4.26. The lowest BCUT2D eigenvalue weighted by Crippen LogP contribution is -2.08. The normalized spacial score (nSPS) is 10.6. The van der Waals surface area contributed by atoms with E-state index in [0.29, 0.717) is 6.54 Å². The molecule has 0 saturated carbocycles. The molecular weight excluding hydrogens is 284 g/mol. The topological polar surface area (TPSA) is 98.8 Å². The first-order valence-corrected chi connectivity index (χ1v) is 6.17. The van der Waals surface area contributed by atoms with Crippen LogP contribution in [0.15, 0.2) is 6.20 Å². The fourth-order valence-electron chi connectivity index (χ4n) is 1.77. The fourth-order valence-corrected chi connectivity index (χ4v) is 1.98. The molecule has 2 aromatic rings. The lowest BCUT2D eigenvalue weighted by atomic mass is 10.2. The summed E-state index contributed by atoms with van der Waals surface area (Å²) in [6, 6.07) is 0. The first-order valence-electron chi connectivity index (χ1n) is 5.80. The van der Waals surface area contributed by atoms with Gasteiger partial charge >= 0.3 is 5.69 Å². The number of nitro groups is 1. The van der Waals surface area contributed by atoms with Crippen LogP contribution in [0, 0.1) is 24.0 Å². The molecule has 0 spiro atoms. The van der Waals surface area contributed by atoms with E-state index in [2.05, 4.69) is 20.4 Å². The van der Waals surface area contributed by atoms with Crippen molar-refractivity contribution in [1.29, 1.82) is 0 Å². The van der Waals surface area contributed by atoms with E-state index < -0.39 is 4.92 Å². The molecule has 0 unspecified atom stereocenters. The predicted octanol–water partition coefficient (Wildman–Crippen LogP) is 2.00. The molecule has 0 fully saturated rings. The molecule has 1 N–H and O–H groups in total. The SMILES string of the molecule is Cc1nc(Cl)nc(NCc2cnn(C)c2C)c1[N+](=O)[O-]. The Balaban J connectivity index is 2.29. The van der Waals surface area contributed by atoms with Crippen molar-refractivity contribution in [2.45, 2.75) is 20.4 Å². The molecule has 20 heavy (non-hydrogen) atoms. The van der Waals surface area contributed by atoms with Crippen molar-refractivity contribution < 1.29 is 4.92 Å². The molecule has 0 saturated heterocycles. The van der Waals surface area contributed by atoms with Crippen LogP contribution < -0.4 is 5.32 Å². The average Bonchev–Trinajstić information content (AvgIpc) is 2.66. The standard InChI is InChI=1S/C11H13ClN6O2/c1-6-9(18(19)20)10(16-11(12)15-6)13-4-8-5-14-17(3)7(8)2/h5H,4H2,1-3H3,(H,13,15,16). The largest absolute Gasteiger partial charge is 0.360 e. The third-order valence-corrected chi connectivity index (χ3v) is 3.17. The van der Waals surface area contributed by atoms with E-state index >= 15 is 0 Å². The van der Waals surface area contributed by atoms with Crippen molar-refractivity contribution >= 4 is 23.1 Å². The molecule has 0 atom stereocenters. The summed E-state index contributed by atoms with van der Waals surface area (Å²) in [5, 5.41) is 18.1. The van der Waals surface area contributed by atoms with Gasteiger partial charge in [0.1, 0.15) is 5.69 Å². The number of nitrogens with zero attached hydrogens (tertiary/aromatic N) is 5. The number of halogens is 1. The van der Waals surface area contributed by atoms with Gasteiger partial charge in [-0.2, -0.15) is 10.1 Å². The summed E-state index contributed by atoms with van der Waals surface area (Å²) in [6.07, 6.45) is 1.70. The maximum atomic E-state index is 11.1. The quantitative estimate of drug-likeness (QED) is 0.526. The van der Waals surface area contributed by atoms with Gasteiger partial charge in [-0.3, -0.25) is 14.8 Å². The summed E-state index contributed by atoms with van der Waals surface area (Å²) in [7, 11) is 1.83. The monoisotopic (exact) mass is 296 g/mol. The molecule has 8 nitrogen and oxygen atoms in total. The maximum Gasteiger partial charge on any atom is 0.332 e. The van der Waals surface area contributed by atoms with E-state index in [1.54, 1.807) is 10.9 Å². The van der Waals surface area contributed by atoms with Gasteiger partial charge in [0.05, 0.1) is 11.1 Å². The average molecular weight is 297 g/mol. The summed E-state index contributed by atoms with van der Waals surface area (Å²) in [5.74, 6) is 0.107. The molecule has 0 radical (unpaired) electrons. The highest BCUT2D eigenvalue weighted by Crippen LogP contribution is 2.27. The molecule has 2 aromatic heterocycles. The van der Waals surface area contributed by atoms with Crippen LogP contribution in [0.5, 0.6) is 0 Å². The molecule has 0 aliphatic rings. The lowest BCUT2D eigenvalue weighted by Gasteiger charge is -2.07. The number of anilines is 1. The molecular formula is C11H13ClN6O2. The van der Waals surface area contributed by atoms with Gasteiger partial charge < -0.3 is 5.32 Å². The molecule has 9 heteroatoms. The van der Waals surface area contributed by atoms with Crippen molar-refractivity contribution in [2.75, 3.05) is 5.32 Å². The van der Waals surface area contributed by atoms with E-state index in [-0.39, 0.29) is 22.5 Å². The summed E-state index contributed by atoms with van der Waals surface area (Å²) >= 11 is 5.74. The highest BCUT2D eigenvalue weighted by molar-refractivity contribution is 6.28. The van der Waals surface area contributed by atoms with Crippen molar-refractivity contribution in [3.05, 3.63) is 38.5 Å². The maximum absolute atomic E-state index is 11.1. The van der Waals surface area contributed by atoms with Crippen LogP contribution in [0.2, 0.25) is 5.28 Å². The van der Waals surface area contributed by atoms with Crippen molar-refractivity contribution in [3.63, 3.8) is 0 Å². The van der Waals surface area contributed by atoms with Gasteiger partial charge in [-0.05, 0) is 25.4 Å². The van der Waals surface area contributed by atoms with Gasteiger partial charge in [-0.1, -0.05) is 0 Å². The van der Waals surface area contributed by atoms with Crippen LogP contribution >= 0.6 is 11.6 Å². The molecule has 0 aromatic carbocycles. The van der Waals surface area contributed by atoms with Gasteiger partial charge in [0.15, 0.2) is 0 Å². The zero-order chi connectivity index (χ0) is 14.9. The summed E-state index contributed by atoms with van der Waals surface area (Å²) < 4.78 is 1.73. The van der Waals surface area contributed by atoms with Gasteiger partial charge in [0.2, 0.25) is 11.1 Å². The van der Waals surface area contributed by atoms with Crippen molar-refractivity contribution in [3.8, 4) is 0 Å². The Labute approximate surface area is 120 Å². The Morgan fingerprint density at radius 3 is 2.70 bits per heavy atom. The van der Waals surface area contributed by atoms with Crippen LogP contribution in [0.4, 0.5) is 11.5 Å². The number of aromatic nitrogens is 4. The van der Waals surface area contributed by atoms with Gasteiger partial charge in [-0.25, -0.2) is 4.98 Å². The van der Waals surface area contributed by atoms with Gasteiger partial charge in [0.25, 0.3) is 0 Å². The number of nitrogens with one attached hydrogen (secondary N) is 1. The van der Waals surface area contributed by atoms with Gasteiger partial charge in [-0.15, -0.1) is 0 Å². The van der Waals surface area contributed by atoms with E-state index in [1.165, 1.54) is 6.92 Å². The zero-order valence-electron chi connectivity index (χ0n) is 11.2. The molecule has 0 aliphatic carbocycles. The minimum Gasteiger partial charge on any atom is -0.360 e. The molecule has 106 valence electrons. The predicted molar refractivity (Wildman–Crippen MR) is 73.7 cm³/mol. The molecule has 2 rings (SSSR count). The highest BCUT2D eigenvalue weighted by Gasteiger charge is 2.21. The number of rotatable bonds is 4. The first kappa shape index (κ1) is 14.2. The summed E-state index contributed by atoms with van der Waals surface area (Å²) in [6.45, 7) is 3.80. The third-order valence-electron chi connectivity index (χ3n) is 3.00. The third kappa shape index (κ3) is 2.69. The molecule has 0 aliphatic heterocycles. The number of aryl methyl sites for hydroxylation is 2.